The van der Waals surface area contributed by atoms with Crippen LogP contribution < -0.4 is 0 Å². The van der Waals surface area contributed by atoms with Gasteiger partial charge in [-0.15, -0.1) is 0 Å². The molecule has 2 heteroatoms. The third-order valence-corrected chi connectivity index (χ3v) is 1.88. The van der Waals surface area contributed by atoms with Crippen LogP contribution in [0.2, 0.25) is 0 Å². The van der Waals surface area contributed by atoms with Crippen molar-refractivity contribution in [2.75, 3.05) is 13.2 Å². The molecule has 0 spiro atoms. The van der Waals surface area contributed by atoms with Gasteiger partial charge in [0.25, 0.3) is 0 Å². The Morgan fingerprint density at radius 3 is 1.72 bits per heavy atom. The van der Waals surface area contributed by atoms with Gasteiger partial charge in [-0.1, -0.05) is 25.5 Å². The Labute approximate surface area is 115 Å². The van der Waals surface area contributed by atoms with Gasteiger partial charge in [0.05, 0.1) is 17.8 Å². The van der Waals surface area contributed by atoms with Crippen LogP contribution in [0.1, 0.15) is 68.2 Å². The summed E-state index contributed by atoms with van der Waals surface area (Å²) in [6.07, 6.45) is 6.39. The summed E-state index contributed by atoms with van der Waals surface area (Å²) in [6.45, 7) is 18.2. The predicted molar refractivity (Wildman–Crippen MR) is 81.1 cm³/mol. The van der Waals surface area contributed by atoms with E-state index in [0.717, 1.165) is 13.2 Å². The third kappa shape index (κ3) is 24.8. The Balaban J connectivity index is 0. The molecule has 2 nitrogen and oxygen atoms in total. The van der Waals surface area contributed by atoms with E-state index in [2.05, 4.69) is 48.5 Å². The van der Waals surface area contributed by atoms with Crippen LogP contribution in [0.4, 0.5) is 0 Å². The summed E-state index contributed by atoms with van der Waals surface area (Å²) in [5.74, 6) is 0. The van der Waals surface area contributed by atoms with Crippen molar-refractivity contribution >= 4 is 0 Å². The lowest BCUT2D eigenvalue weighted by Crippen LogP contribution is -2.19. The van der Waals surface area contributed by atoms with Crippen molar-refractivity contribution < 1.29 is 9.47 Å². The maximum absolute atomic E-state index is 5.47. The van der Waals surface area contributed by atoms with E-state index >= 15 is 0 Å². The average Bonchev–Trinajstić information content (AvgIpc) is 2.16. The zero-order valence-electron chi connectivity index (χ0n) is 13.8. The van der Waals surface area contributed by atoms with Gasteiger partial charge in [0.15, 0.2) is 0 Å². The van der Waals surface area contributed by atoms with Crippen LogP contribution in [0.15, 0.2) is 12.2 Å². The third-order valence-electron chi connectivity index (χ3n) is 1.88. The van der Waals surface area contributed by atoms with E-state index in [4.69, 9.17) is 9.47 Å². The highest BCUT2D eigenvalue weighted by Crippen LogP contribution is 2.07. The molecule has 0 amide bonds. The van der Waals surface area contributed by atoms with Gasteiger partial charge in [-0.25, -0.2) is 0 Å². The number of allylic oxidation sites excluding steroid dienone is 1. The summed E-state index contributed by atoms with van der Waals surface area (Å²) in [7, 11) is 0. The van der Waals surface area contributed by atoms with E-state index in [9.17, 15) is 0 Å². The second-order valence-corrected chi connectivity index (χ2v) is 6.31. The van der Waals surface area contributed by atoms with Crippen LogP contribution in [-0.4, -0.2) is 24.4 Å². The van der Waals surface area contributed by atoms with Gasteiger partial charge in [0, 0.05) is 6.61 Å². The Bertz CT molecular complexity index is 194. The second kappa shape index (κ2) is 10.6. The number of hydrogen-bond acceptors (Lipinski definition) is 2. The summed E-state index contributed by atoms with van der Waals surface area (Å²) in [5.41, 5.74) is 0.0503. The maximum Gasteiger partial charge on any atom is 0.0654 e. The van der Waals surface area contributed by atoms with Gasteiger partial charge in [0.1, 0.15) is 0 Å². The van der Waals surface area contributed by atoms with Crippen molar-refractivity contribution in [3.8, 4) is 0 Å². The topological polar surface area (TPSA) is 18.5 Å². The average molecular weight is 258 g/mol. The van der Waals surface area contributed by atoms with Crippen molar-refractivity contribution in [3.05, 3.63) is 12.2 Å². The largest absolute Gasteiger partial charge is 0.376 e. The fourth-order valence-electron chi connectivity index (χ4n) is 0.917. The molecule has 0 saturated carbocycles. The highest BCUT2D eigenvalue weighted by Gasteiger charge is 2.08. The molecule has 0 radical (unpaired) electrons. The minimum absolute atomic E-state index is 0.000486. The van der Waals surface area contributed by atoms with Crippen molar-refractivity contribution in [2.24, 2.45) is 0 Å². The Kier molecular flexibility index (Phi) is 11.7. The molecule has 0 fully saturated rings. The first-order chi connectivity index (χ1) is 8.12. The molecule has 0 aliphatic heterocycles. The molecule has 0 aromatic carbocycles. The molecule has 18 heavy (non-hydrogen) atoms. The standard InChI is InChI=1S/C8H18O.C8H16O/c2*1-5-6-7-9-8(2,3)4/h5-7H2,1-4H3;5-6H,7H2,1-4H3/b;6-5+. The van der Waals surface area contributed by atoms with E-state index in [1.165, 1.54) is 12.8 Å². The molecular weight excluding hydrogens is 224 g/mol. The molecule has 0 rings (SSSR count). The minimum atomic E-state index is -0.000486. The van der Waals surface area contributed by atoms with Crippen LogP contribution in [0.5, 0.6) is 0 Å². The molecule has 0 bridgehead atoms. The van der Waals surface area contributed by atoms with Gasteiger partial charge in [0.2, 0.25) is 0 Å². The Morgan fingerprint density at radius 2 is 1.39 bits per heavy atom. The zero-order valence-corrected chi connectivity index (χ0v) is 13.8. The van der Waals surface area contributed by atoms with Gasteiger partial charge in [-0.2, -0.15) is 0 Å². The molecule has 0 atom stereocenters. The second-order valence-electron chi connectivity index (χ2n) is 6.31. The molecule has 0 aliphatic rings. The van der Waals surface area contributed by atoms with Crippen LogP contribution >= 0.6 is 0 Å². The van der Waals surface area contributed by atoms with E-state index < -0.39 is 0 Å². The Morgan fingerprint density at radius 1 is 0.889 bits per heavy atom. The van der Waals surface area contributed by atoms with Crippen molar-refractivity contribution in [3.63, 3.8) is 0 Å². The number of ether oxygens (including phenoxy) is 2. The first-order valence-corrected chi connectivity index (χ1v) is 7.01. The van der Waals surface area contributed by atoms with E-state index in [-0.39, 0.29) is 11.2 Å². The molecule has 0 aromatic heterocycles. The van der Waals surface area contributed by atoms with Crippen molar-refractivity contribution in [2.45, 2.75) is 79.4 Å². The zero-order chi connectivity index (χ0) is 14.7. The fourth-order valence-corrected chi connectivity index (χ4v) is 0.917. The van der Waals surface area contributed by atoms with Crippen LogP contribution in [0, 0.1) is 0 Å². The minimum Gasteiger partial charge on any atom is -0.376 e. The lowest BCUT2D eigenvalue weighted by atomic mass is 10.2. The summed E-state index contributed by atoms with van der Waals surface area (Å²) >= 11 is 0. The van der Waals surface area contributed by atoms with Crippen LogP contribution in [0.25, 0.3) is 0 Å². The van der Waals surface area contributed by atoms with Crippen molar-refractivity contribution in [1.29, 1.82) is 0 Å². The quantitative estimate of drug-likeness (QED) is 0.511. The van der Waals surface area contributed by atoms with Gasteiger partial charge >= 0.3 is 0 Å². The molecule has 110 valence electrons. The van der Waals surface area contributed by atoms with Crippen molar-refractivity contribution in [1.82, 2.24) is 0 Å². The lowest BCUT2D eigenvalue weighted by molar-refractivity contribution is -0.00416. The molecular formula is C16H34O2. The molecule has 0 heterocycles. The highest BCUT2D eigenvalue weighted by atomic mass is 16.5. The SMILES string of the molecule is C/C=C/COC(C)(C)C.CCCCOC(C)(C)C. The maximum atomic E-state index is 5.47. The predicted octanol–water partition coefficient (Wildman–Crippen LogP) is 4.98. The first-order valence-electron chi connectivity index (χ1n) is 7.01. The van der Waals surface area contributed by atoms with E-state index in [1.54, 1.807) is 0 Å². The summed E-state index contributed by atoms with van der Waals surface area (Å²) in [6, 6.07) is 0. The molecule has 0 saturated heterocycles. The highest BCUT2D eigenvalue weighted by molar-refractivity contribution is 4.77. The number of unbranched alkanes of at least 4 members (excludes halogenated alkanes) is 1. The molecule has 0 aliphatic carbocycles. The smallest absolute Gasteiger partial charge is 0.0654 e. The first kappa shape index (κ1) is 20.0. The monoisotopic (exact) mass is 258 g/mol. The summed E-state index contributed by atoms with van der Waals surface area (Å²) in [4.78, 5) is 0. The van der Waals surface area contributed by atoms with Gasteiger partial charge in [-0.3, -0.25) is 0 Å². The van der Waals surface area contributed by atoms with Crippen LogP contribution in [0.3, 0.4) is 0 Å². The number of hydrogen-bond donors (Lipinski definition) is 0. The molecule has 0 aromatic rings. The van der Waals surface area contributed by atoms with Gasteiger partial charge in [-0.05, 0) is 54.9 Å². The Hall–Kier alpha value is -0.340. The van der Waals surface area contributed by atoms with E-state index in [0.29, 0.717) is 0 Å². The van der Waals surface area contributed by atoms with Crippen LogP contribution in [-0.2, 0) is 9.47 Å². The van der Waals surface area contributed by atoms with Gasteiger partial charge < -0.3 is 9.47 Å². The summed E-state index contributed by atoms with van der Waals surface area (Å²) in [5, 5.41) is 0. The summed E-state index contributed by atoms with van der Waals surface area (Å²) < 4.78 is 10.9. The fraction of sp³-hybridized carbons (Fsp3) is 0.875. The molecule has 0 unspecified atom stereocenters. The lowest BCUT2D eigenvalue weighted by Gasteiger charge is -2.18. The normalized spacial score (nSPS) is 12.4. The molecule has 0 N–H and O–H groups in total. The number of rotatable bonds is 5. The van der Waals surface area contributed by atoms with E-state index in [1.807, 2.05) is 19.1 Å².